The molecule has 2 rings (SSSR count). The molecule has 1 heterocycles. The molecule has 1 aliphatic rings. The minimum Gasteiger partial charge on any atom is -0.355 e. The minimum atomic E-state index is -0.229. The Kier molecular flexibility index (Phi) is 8.38. The van der Waals surface area contributed by atoms with Crippen molar-refractivity contribution >= 4 is 18.3 Å². The molecule has 1 aromatic rings. The number of piperidine rings is 1. The van der Waals surface area contributed by atoms with E-state index in [0.29, 0.717) is 19.1 Å². The normalized spacial score (nSPS) is 16.1. The molecule has 124 valence electrons. The molecule has 1 fully saturated rings. The average molecular weight is 330 g/mol. The van der Waals surface area contributed by atoms with Crippen LogP contribution in [-0.2, 0) is 11.2 Å². The van der Waals surface area contributed by atoms with Crippen LogP contribution >= 0.6 is 12.4 Å². The predicted molar refractivity (Wildman–Crippen MR) is 88.9 cm³/mol. The lowest BCUT2D eigenvalue weighted by Crippen LogP contribution is -2.45. The predicted octanol–water partition coefficient (Wildman–Crippen LogP) is 1.59. The number of amides is 1. The molecule has 4 nitrogen and oxygen atoms in total. The summed E-state index contributed by atoms with van der Waals surface area (Å²) in [5, 5.41) is 6.21. The molecule has 22 heavy (non-hydrogen) atoms. The SMILES string of the molecule is CNC1CCN(CC(=O)NCCc2ccc(F)cc2)CC1.Cl. The molecule has 2 N–H and O–H groups in total. The summed E-state index contributed by atoms with van der Waals surface area (Å²) in [5.41, 5.74) is 1.03. The van der Waals surface area contributed by atoms with E-state index >= 15 is 0 Å². The van der Waals surface area contributed by atoms with Gasteiger partial charge in [0.25, 0.3) is 0 Å². The highest BCUT2D eigenvalue weighted by molar-refractivity contribution is 5.85. The summed E-state index contributed by atoms with van der Waals surface area (Å²) in [6.07, 6.45) is 2.92. The Morgan fingerprint density at radius 1 is 1.27 bits per heavy atom. The van der Waals surface area contributed by atoms with Crippen LogP contribution in [0.5, 0.6) is 0 Å². The summed E-state index contributed by atoms with van der Waals surface area (Å²) in [7, 11) is 1.99. The fourth-order valence-corrected chi connectivity index (χ4v) is 2.64. The first-order valence-electron chi connectivity index (χ1n) is 7.58. The van der Waals surface area contributed by atoms with E-state index in [1.165, 1.54) is 12.1 Å². The number of nitrogens with zero attached hydrogens (tertiary/aromatic N) is 1. The number of benzene rings is 1. The molecule has 1 saturated heterocycles. The molecule has 0 bridgehead atoms. The Balaban J connectivity index is 0.00000242. The van der Waals surface area contributed by atoms with Crippen molar-refractivity contribution in [3.05, 3.63) is 35.6 Å². The van der Waals surface area contributed by atoms with Crippen LogP contribution in [0.4, 0.5) is 4.39 Å². The number of halogens is 2. The van der Waals surface area contributed by atoms with Crippen molar-refractivity contribution in [1.29, 1.82) is 0 Å². The lowest BCUT2D eigenvalue weighted by molar-refractivity contribution is -0.122. The van der Waals surface area contributed by atoms with Gasteiger partial charge < -0.3 is 10.6 Å². The van der Waals surface area contributed by atoms with E-state index < -0.39 is 0 Å². The third kappa shape index (κ3) is 6.30. The molecule has 0 unspecified atom stereocenters. The van der Waals surface area contributed by atoms with Gasteiger partial charge in [-0.2, -0.15) is 0 Å². The highest BCUT2D eigenvalue weighted by Crippen LogP contribution is 2.09. The highest BCUT2D eigenvalue weighted by atomic mass is 35.5. The molecule has 0 aromatic heterocycles. The standard InChI is InChI=1S/C16H24FN3O.ClH/c1-18-15-7-10-20(11-8-15)12-16(21)19-9-6-13-2-4-14(17)5-3-13;/h2-5,15,18H,6-12H2,1H3,(H,19,21);1H. The summed E-state index contributed by atoms with van der Waals surface area (Å²) in [4.78, 5) is 14.1. The van der Waals surface area contributed by atoms with Crippen molar-refractivity contribution in [1.82, 2.24) is 15.5 Å². The van der Waals surface area contributed by atoms with Crippen molar-refractivity contribution in [2.75, 3.05) is 33.2 Å². The minimum absolute atomic E-state index is 0. The first-order valence-corrected chi connectivity index (χ1v) is 7.58. The van der Waals surface area contributed by atoms with Crippen molar-refractivity contribution in [2.24, 2.45) is 0 Å². The van der Waals surface area contributed by atoms with E-state index in [2.05, 4.69) is 15.5 Å². The molecule has 0 spiro atoms. The molecule has 0 saturated carbocycles. The smallest absolute Gasteiger partial charge is 0.234 e. The number of hydrogen-bond acceptors (Lipinski definition) is 3. The molecular formula is C16H25ClFN3O. The second kappa shape index (κ2) is 9.77. The molecule has 0 atom stereocenters. The zero-order valence-electron chi connectivity index (χ0n) is 13.0. The zero-order chi connectivity index (χ0) is 15.1. The maximum atomic E-state index is 12.8. The molecule has 1 amide bonds. The number of nitrogens with one attached hydrogen (secondary N) is 2. The van der Waals surface area contributed by atoms with Crippen molar-refractivity contribution in [3.63, 3.8) is 0 Å². The summed E-state index contributed by atoms with van der Waals surface area (Å²) in [6, 6.07) is 6.99. The number of carbonyl (C=O) groups is 1. The monoisotopic (exact) mass is 329 g/mol. The first-order chi connectivity index (χ1) is 10.2. The summed E-state index contributed by atoms with van der Waals surface area (Å²) in [5.74, 6) is -0.159. The fourth-order valence-electron chi connectivity index (χ4n) is 2.64. The van der Waals surface area contributed by atoms with E-state index in [9.17, 15) is 9.18 Å². The first kappa shape index (κ1) is 18.9. The van der Waals surface area contributed by atoms with Crippen LogP contribution in [0.1, 0.15) is 18.4 Å². The van der Waals surface area contributed by atoms with Gasteiger partial charge in [-0.05, 0) is 44.0 Å². The molecule has 1 aromatic carbocycles. The Labute approximate surface area is 137 Å². The lowest BCUT2D eigenvalue weighted by atomic mass is 10.1. The van der Waals surface area contributed by atoms with E-state index in [-0.39, 0.29) is 24.1 Å². The molecule has 1 aliphatic heterocycles. The van der Waals surface area contributed by atoms with Crippen molar-refractivity contribution in [3.8, 4) is 0 Å². The van der Waals surface area contributed by atoms with Crippen LogP contribution in [0.2, 0.25) is 0 Å². The molecular weight excluding hydrogens is 305 g/mol. The van der Waals surface area contributed by atoms with E-state index in [1.54, 1.807) is 12.1 Å². The van der Waals surface area contributed by atoms with Gasteiger partial charge in [0.2, 0.25) is 5.91 Å². The van der Waals surface area contributed by atoms with E-state index in [4.69, 9.17) is 0 Å². The highest BCUT2D eigenvalue weighted by Gasteiger charge is 2.19. The average Bonchev–Trinajstić information content (AvgIpc) is 2.50. The van der Waals surface area contributed by atoms with Crippen molar-refractivity contribution < 1.29 is 9.18 Å². The maximum absolute atomic E-state index is 12.8. The van der Waals surface area contributed by atoms with Crippen LogP contribution in [0.3, 0.4) is 0 Å². The maximum Gasteiger partial charge on any atom is 0.234 e. The van der Waals surface area contributed by atoms with Crippen LogP contribution in [-0.4, -0.2) is 50.1 Å². The van der Waals surface area contributed by atoms with Crippen molar-refractivity contribution in [2.45, 2.75) is 25.3 Å². The van der Waals surface area contributed by atoms with Crippen LogP contribution < -0.4 is 10.6 Å². The van der Waals surface area contributed by atoms with Gasteiger partial charge in [-0.25, -0.2) is 4.39 Å². The third-order valence-electron chi connectivity index (χ3n) is 4.01. The lowest BCUT2D eigenvalue weighted by Gasteiger charge is -2.31. The Morgan fingerprint density at radius 2 is 1.91 bits per heavy atom. The van der Waals surface area contributed by atoms with Gasteiger partial charge in [0.15, 0.2) is 0 Å². The third-order valence-corrected chi connectivity index (χ3v) is 4.01. The van der Waals surface area contributed by atoms with Crippen LogP contribution in [0.15, 0.2) is 24.3 Å². The second-order valence-corrected chi connectivity index (χ2v) is 5.57. The number of carbonyl (C=O) groups excluding carboxylic acids is 1. The van der Waals surface area contributed by atoms with Gasteiger partial charge in [0, 0.05) is 25.7 Å². The largest absolute Gasteiger partial charge is 0.355 e. The van der Waals surface area contributed by atoms with Crippen LogP contribution in [0.25, 0.3) is 0 Å². The molecule has 0 aliphatic carbocycles. The summed E-state index contributed by atoms with van der Waals surface area (Å²) in [6.45, 7) is 3.01. The number of likely N-dealkylation sites (tertiary alicyclic amines) is 1. The second-order valence-electron chi connectivity index (χ2n) is 5.57. The summed E-state index contributed by atoms with van der Waals surface area (Å²) >= 11 is 0. The Hall–Kier alpha value is -1.17. The van der Waals surface area contributed by atoms with E-state index in [0.717, 1.165) is 37.9 Å². The van der Waals surface area contributed by atoms with Gasteiger partial charge in [-0.1, -0.05) is 12.1 Å². The Bertz CT molecular complexity index is 447. The van der Waals surface area contributed by atoms with Gasteiger partial charge in [-0.15, -0.1) is 12.4 Å². The van der Waals surface area contributed by atoms with E-state index in [1.807, 2.05) is 7.05 Å². The molecule has 0 radical (unpaired) electrons. The molecule has 6 heteroatoms. The zero-order valence-corrected chi connectivity index (χ0v) is 13.8. The van der Waals surface area contributed by atoms with Gasteiger partial charge in [-0.3, -0.25) is 9.69 Å². The number of hydrogen-bond donors (Lipinski definition) is 2. The van der Waals surface area contributed by atoms with Gasteiger partial charge in [0.1, 0.15) is 5.82 Å². The topological polar surface area (TPSA) is 44.4 Å². The Morgan fingerprint density at radius 3 is 2.50 bits per heavy atom. The van der Waals surface area contributed by atoms with Crippen LogP contribution in [0, 0.1) is 5.82 Å². The van der Waals surface area contributed by atoms with Gasteiger partial charge >= 0.3 is 0 Å². The summed E-state index contributed by atoms with van der Waals surface area (Å²) < 4.78 is 12.8. The quantitative estimate of drug-likeness (QED) is 0.833. The fraction of sp³-hybridized carbons (Fsp3) is 0.562. The van der Waals surface area contributed by atoms with Gasteiger partial charge in [0.05, 0.1) is 6.54 Å². The number of rotatable bonds is 6.